The lowest BCUT2D eigenvalue weighted by molar-refractivity contribution is 0.304. The molecule has 3 aromatic rings. The van der Waals surface area contributed by atoms with E-state index < -0.39 is 0 Å². The number of benzene rings is 2. The summed E-state index contributed by atoms with van der Waals surface area (Å²) < 4.78 is 17.7. The minimum absolute atomic E-state index is 0.0903. The second-order valence-electron chi connectivity index (χ2n) is 10.6. The van der Waals surface area contributed by atoms with Crippen molar-refractivity contribution in [2.45, 2.75) is 90.9 Å². The largest absolute Gasteiger partial charge is 0.494 e. The Morgan fingerprint density at radius 3 is 1.34 bits per heavy atom. The molecule has 3 rings (SSSR count). The highest BCUT2D eigenvalue weighted by Gasteiger charge is 2.00. The van der Waals surface area contributed by atoms with E-state index in [1.165, 1.54) is 76.3 Å². The number of ether oxygens (including phenoxy) is 2. The summed E-state index contributed by atoms with van der Waals surface area (Å²) in [5.74, 6) is 2.79. The molecule has 220 valence electrons. The third kappa shape index (κ3) is 13.6. The van der Waals surface area contributed by atoms with Gasteiger partial charge in [-0.2, -0.15) is 0 Å². The Kier molecular flexibility index (Phi) is 15.2. The number of rotatable bonds is 20. The molecular formula is C37H48O4. The minimum Gasteiger partial charge on any atom is -0.494 e. The molecule has 0 N–H and O–H groups in total. The van der Waals surface area contributed by atoms with Crippen molar-refractivity contribution in [3.63, 3.8) is 0 Å². The van der Waals surface area contributed by atoms with Gasteiger partial charge in [0, 0.05) is 12.1 Å². The van der Waals surface area contributed by atoms with Crippen LogP contribution >= 0.6 is 0 Å². The first-order valence-electron chi connectivity index (χ1n) is 15.6. The van der Waals surface area contributed by atoms with Gasteiger partial charge in [0.05, 0.1) is 13.2 Å². The molecule has 1 heterocycles. The van der Waals surface area contributed by atoms with Gasteiger partial charge in [-0.05, 0) is 60.4 Å². The van der Waals surface area contributed by atoms with Crippen LogP contribution in [0.25, 0.3) is 24.3 Å². The van der Waals surface area contributed by atoms with Crippen LogP contribution in [0.2, 0.25) is 0 Å². The van der Waals surface area contributed by atoms with Gasteiger partial charge in [-0.25, -0.2) is 0 Å². The van der Waals surface area contributed by atoms with E-state index in [9.17, 15) is 4.79 Å². The van der Waals surface area contributed by atoms with E-state index in [-0.39, 0.29) is 5.43 Å². The smallest absolute Gasteiger partial charge is 0.186 e. The minimum atomic E-state index is -0.0903. The van der Waals surface area contributed by atoms with Crippen LogP contribution in [-0.2, 0) is 0 Å². The second kappa shape index (κ2) is 19.5. The summed E-state index contributed by atoms with van der Waals surface area (Å²) in [6.45, 7) is 5.98. The van der Waals surface area contributed by atoms with Crippen LogP contribution in [0, 0.1) is 0 Å². The molecule has 4 nitrogen and oxygen atoms in total. The average molecular weight is 557 g/mol. The average Bonchev–Trinajstić information content (AvgIpc) is 2.99. The van der Waals surface area contributed by atoms with Gasteiger partial charge in [0.2, 0.25) is 0 Å². The highest BCUT2D eigenvalue weighted by atomic mass is 16.5. The van der Waals surface area contributed by atoms with E-state index in [0.29, 0.717) is 11.5 Å². The van der Waals surface area contributed by atoms with Crippen LogP contribution in [-0.4, -0.2) is 13.2 Å². The quantitative estimate of drug-likeness (QED) is 0.130. The molecular weight excluding hydrogens is 508 g/mol. The first kappa shape index (κ1) is 32.0. The number of hydrogen-bond acceptors (Lipinski definition) is 4. The van der Waals surface area contributed by atoms with E-state index in [1.807, 2.05) is 72.8 Å². The SMILES string of the molecule is CCCCCCCCOc1ccc(/C=C/c2cc(=O)cc(/C=C/c3ccc(OCCCCCCCC)cc3)o2)cc1. The molecule has 0 unspecified atom stereocenters. The molecule has 0 aliphatic heterocycles. The monoisotopic (exact) mass is 556 g/mol. The highest BCUT2D eigenvalue weighted by molar-refractivity contribution is 5.70. The molecule has 0 spiro atoms. The third-order valence-corrected chi connectivity index (χ3v) is 6.98. The summed E-state index contributed by atoms with van der Waals surface area (Å²) in [4.78, 5) is 12.3. The molecule has 0 atom stereocenters. The summed E-state index contributed by atoms with van der Waals surface area (Å²) in [5.41, 5.74) is 1.94. The molecule has 0 fully saturated rings. The predicted octanol–water partition coefficient (Wildman–Crippen LogP) is 10.5. The van der Waals surface area contributed by atoms with Crippen LogP contribution in [0.4, 0.5) is 0 Å². The van der Waals surface area contributed by atoms with E-state index in [2.05, 4.69) is 13.8 Å². The fourth-order valence-electron chi connectivity index (χ4n) is 4.53. The Morgan fingerprint density at radius 2 is 0.927 bits per heavy atom. The molecule has 0 bridgehead atoms. The maximum atomic E-state index is 12.3. The normalized spacial score (nSPS) is 11.5. The van der Waals surface area contributed by atoms with Crippen molar-refractivity contribution in [3.8, 4) is 11.5 Å². The molecule has 0 aliphatic carbocycles. The van der Waals surface area contributed by atoms with E-state index in [1.54, 1.807) is 0 Å². The van der Waals surface area contributed by atoms with Crippen LogP contribution < -0.4 is 14.9 Å². The van der Waals surface area contributed by atoms with Gasteiger partial charge in [-0.15, -0.1) is 0 Å². The summed E-state index contributed by atoms with van der Waals surface area (Å²) in [7, 11) is 0. The zero-order chi connectivity index (χ0) is 29.0. The molecule has 2 aromatic carbocycles. The number of unbranched alkanes of at least 4 members (excludes halogenated alkanes) is 10. The van der Waals surface area contributed by atoms with Crippen molar-refractivity contribution in [2.24, 2.45) is 0 Å². The van der Waals surface area contributed by atoms with Gasteiger partial charge < -0.3 is 13.9 Å². The first-order chi connectivity index (χ1) is 20.2. The molecule has 0 radical (unpaired) electrons. The maximum absolute atomic E-state index is 12.3. The zero-order valence-corrected chi connectivity index (χ0v) is 25.1. The molecule has 0 saturated carbocycles. The Bertz CT molecular complexity index is 1130. The van der Waals surface area contributed by atoms with Crippen LogP contribution in [0.15, 0.2) is 69.9 Å². The van der Waals surface area contributed by atoms with E-state index in [0.717, 1.165) is 48.7 Å². The maximum Gasteiger partial charge on any atom is 0.186 e. The lowest BCUT2D eigenvalue weighted by Gasteiger charge is -2.06. The summed E-state index contributed by atoms with van der Waals surface area (Å²) in [6.07, 6.45) is 22.6. The standard InChI is InChI=1S/C37H48O4/c1-3-5-7-9-11-13-27-39-34-21-15-31(16-22-34)19-25-36-29-33(38)30-37(41-36)26-20-32-17-23-35(24-18-32)40-28-14-12-10-8-6-4-2/h15-26,29-30H,3-14,27-28H2,1-2H3/b25-19+,26-20+. The van der Waals surface area contributed by atoms with Crippen molar-refractivity contribution < 1.29 is 13.9 Å². The van der Waals surface area contributed by atoms with Gasteiger partial charge in [0.1, 0.15) is 23.0 Å². The fraction of sp³-hybridized carbons (Fsp3) is 0.432. The predicted molar refractivity (Wildman–Crippen MR) is 173 cm³/mol. The highest BCUT2D eigenvalue weighted by Crippen LogP contribution is 2.18. The van der Waals surface area contributed by atoms with E-state index in [4.69, 9.17) is 13.9 Å². The van der Waals surface area contributed by atoms with Gasteiger partial charge in [-0.3, -0.25) is 4.79 Å². The Balaban J connectivity index is 1.45. The molecule has 0 aliphatic rings. The van der Waals surface area contributed by atoms with Gasteiger partial charge in [-0.1, -0.05) is 114 Å². The molecule has 4 heteroatoms. The van der Waals surface area contributed by atoms with E-state index >= 15 is 0 Å². The van der Waals surface area contributed by atoms with Crippen molar-refractivity contribution in [2.75, 3.05) is 13.2 Å². The molecule has 0 saturated heterocycles. The Morgan fingerprint density at radius 1 is 0.537 bits per heavy atom. The molecule has 41 heavy (non-hydrogen) atoms. The van der Waals surface area contributed by atoms with Crippen molar-refractivity contribution >= 4 is 24.3 Å². The van der Waals surface area contributed by atoms with Crippen LogP contribution in [0.3, 0.4) is 0 Å². The molecule has 1 aromatic heterocycles. The number of hydrogen-bond donors (Lipinski definition) is 0. The van der Waals surface area contributed by atoms with Gasteiger partial charge >= 0.3 is 0 Å². The lowest BCUT2D eigenvalue weighted by Crippen LogP contribution is -1.98. The topological polar surface area (TPSA) is 48.7 Å². The Labute approximate surface area is 247 Å². The van der Waals surface area contributed by atoms with Crippen molar-refractivity contribution in [3.05, 3.63) is 93.5 Å². The van der Waals surface area contributed by atoms with Crippen molar-refractivity contribution in [1.82, 2.24) is 0 Å². The van der Waals surface area contributed by atoms with Crippen LogP contribution in [0.1, 0.15) is 114 Å². The lowest BCUT2D eigenvalue weighted by atomic mass is 10.1. The van der Waals surface area contributed by atoms with Crippen LogP contribution in [0.5, 0.6) is 11.5 Å². The third-order valence-electron chi connectivity index (χ3n) is 6.98. The summed E-state index contributed by atoms with van der Waals surface area (Å²) in [5, 5.41) is 0. The Hall–Kier alpha value is -3.53. The summed E-state index contributed by atoms with van der Waals surface area (Å²) >= 11 is 0. The van der Waals surface area contributed by atoms with Gasteiger partial charge in [0.15, 0.2) is 5.43 Å². The zero-order valence-electron chi connectivity index (χ0n) is 25.1. The van der Waals surface area contributed by atoms with Crippen molar-refractivity contribution in [1.29, 1.82) is 0 Å². The van der Waals surface area contributed by atoms with Gasteiger partial charge in [0.25, 0.3) is 0 Å². The first-order valence-corrected chi connectivity index (χ1v) is 15.6. The molecule has 0 amide bonds. The fourth-order valence-corrected chi connectivity index (χ4v) is 4.53. The second-order valence-corrected chi connectivity index (χ2v) is 10.6. The summed E-state index contributed by atoms with van der Waals surface area (Å²) in [6, 6.07) is 19.0.